The smallest absolute Gasteiger partial charge is 0.251 e. The van der Waals surface area contributed by atoms with Crippen LogP contribution in [0.15, 0.2) is 36.4 Å². The maximum Gasteiger partial charge on any atom is 0.251 e. The molecule has 0 saturated carbocycles. The van der Waals surface area contributed by atoms with Gasteiger partial charge in [-0.05, 0) is 55.2 Å². The van der Waals surface area contributed by atoms with Crippen LogP contribution in [-0.2, 0) is 25.7 Å². The Kier molecular flexibility index (Phi) is 13.5. The lowest BCUT2D eigenvalue weighted by molar-refractivity contribution is -0.135. The number of hydrogen-bond acceptors (Lipinski definition) is 8. The van der Waals surface area contributed by atoms with E-state index in [0.29, 0.717) is 12.0 Å². The minimum absolute atomic E-state index is 0.0494. The molecule has 4 atom stereocenters. The second-order valence-corrected chi connectivity index (χ2v) is 11.5. The fourth-order valence-corrected chi connectivity index (χ4v) is 4.96. The Balaban J connectivity index is 1.95. The monoisotopic (exact) mass is 657 g/mol. The molecule has 0 spiro atoms. The van der Waals surface area contributed by atoms with Gasteiger partial charge in [0.25, 0.3) is 5.91 Å². The van der Waals surface area contributed by atoms with Gasteiger partial charge in [-0.25, -0.2) is 4.39 Å². The van der Waals surface area contributed by atoms with Gasteiger partial charge < -0.3 is 40.7 Å². The number of carbonyl (C=O) groups is 5. The van der Waals surface area contributed by atoms with Crippen molar-refractivity contribution in [3.63, 3.8) is 0 Å². The zero-order chi connectivity index (χ0) is 34.7. The summed E-state index contributed by atoms with van der Waals surface area (Å²) in [5, 5.41) is 21.0. The summed E-state index contributed by atoms with van der Waals surface area (Å²) in [6, 6.07) is 6.02. The Labute approximate surface area is 273 Å². The standard InChI is InChI=1S/C33H44FN5O8/c1-6-19(2)29-32(44)36-18-22-14-24(34)17-25(15-22)47-27-16-23(9-10-26(27)46-5)31(43)35-11-13-39(21(4)41)12-7-8-28(42)37-30(20(3)40)33(45)38-29/h9-10,14-17,19-20,29-30,40H,6-8,11-13,18H2,1-5H3,(H,35,43)(H,36,44)(H,37,42)(H,38,45)/t19-,20+,29-,30-/m0/s1. The average molecular weight is 658 g/mol. The van der Waals surface area contributed by atoms with Crippen LogP contribution in [0.25, 0.3) is 0 Å². The number of nitrogens with one attached hydrogen (secondary N) is 4. The first kappa shape index (κ1) is 36.7. The van der Waals surface area contributed by atoms with E-state index in [0.717, 1.165) is 6.07 Å². The SMILES string of the molecule is CC[C@H](C)[C@@H]1NC(=O)[C@H]([C@@H](C)O)NC(=O)CCCN(C(C)=O)CCNC(=O)c2ccc(OC)c(c2)Oc2cc(F)cc(c2)CNC1=O. The van der Waals surface area contributed by atoms with Gasteiger partial charge >= 0.3 is 0 Å². The van der Waals surface area contributed by atoms with Crippen LogP contribution >= 0.6 is 0 Å². The lowest BCUT2D eigenvalue weighted by Crippen LogP contribution is -2.58. The van der Waals surface area contributed by atoms with E-state index in [4.69, 9.17) is 9.47 Å². The lowest BCUT2D eigenvalue weighted by Gasteiger charge is -2.27. The van der Waals surface area contributed by atoms with E-state index in [1.54, 1.807) is 6.92 Å². The Morgan fingerprint density at radius 1 is 1.04 bits per heavy atom. The topological polar surface area (TPSA) is 175 Å². The molecule has 4 bridgehead atoms. The first-order valence-corrected chi connectivity index (χ1v) is 15.6. The fourth-order valence-electron chi connectivity index (χ4n) is 4.96. The van der Waals surface area contributed by atoms with E-state index in [1.165, 1.54) is 56.2 Å². The number of amides is 5. The number of rotatable bonds is 4. The zero-order valence-electron chi connectivity index (χ0n) is 27.4. The molecule has 1 heterocycles. The molecule has 0 fully saturated rings. The third kappa shape index (κ3) is 10.7. The highest BCUT2D eigenvalue weighted by molar-refractivity contribution is 5.95. The molecule has 3 rings (SSSR count). The molecular formula is C33H44FN5O8. The van der Waals surface area contributed by atoms with Crippen LogP contribution < -0.4 is 30.7 Å². The maximum absolute atomic E-state index is 14.7. The molecule has 1 aliphatic rings. The van der Waals surface area contributed by atoms with E-state index < -0.39 is 47.6 Å². The van der Waals surface area contributed by atoms with Gasteiger partial charge in [0.2, 0.25) is 23.6 Å². The van der Waals surface area contributed by atoms with Crippen molar-refractivity contribution in [3.05, 3.63) is 53.3 Å². The summed E-state index contributed by atoms with van der Waals surface area (Å²) in [7, 11) is 1.42. The minimum Gasteiger partial charge on any atom is -0.493 e. The Bertz CT molecular complexity index is 1450. The zero-order valence-corrected chi connectivity index (χ0v) is 27.4. The predicted octanol–water partition coefficient (Wildman–Crippen LogP) is 2.01. The van der Waals surface area contributed by atoms with Crippen molar-refractivity contribution >= 4 is 29.5 Å². The van der Waals surface area contributed by atoms with Crippen LogP contribution in [-0.4, -0.2) is 84.5 Å². The summed E-state index contributed by atoms with van der Waals surface area (Å²) in [4.78, 5) is 66.0. The first-order chi connectivity index (χ1) is 22.3. The van der Waals surface area contributed by atoms with Crippen molar-refractivity contribution < 1.29 is 42.9 Å². The summed E-state index contributed by atoms with van der Waals surface area (Å²) in [6.45, 7) is 6.72. The minimum atomic E-state index is -1.34. The molecule has 47 heavy (non-hydrogen) atoms. The number of methoxy groups -OCH3 is 1. The second kappa shape index (κ2) is 17.3. The highest BCUT2D eigenvalue weighted by atomic mass is 19.1. The number of ether oxygens (including phenoxy) is 2. The van der Waals surface area contributed by atoms with E-state index in [-0.39, 0.29) is 73.7 Å². The molecule has 0 aromatic heterocycles. The molecule has 14 heteroatoms. The van der Waals surface area contributed by atoms with Crippen LogP contribution in [0.2, 0.25) is 0 Å². The Morgan fingerprint density at radius 2 is 1.79 bits per heavy atom. The number of halogens is 1. The van der Waals surface area contributed by atoms with Crippen LogP contribution in [0, 0.1) is 11.7 Å². The quantitative estimate of drug-likeness (QED) is 0.332. The van der Waals surface area contributed by atoms with Crippen molar-refractivity contribution in [2.75, 3.05) is 26.7 Å². The van der Waals surface area contributed by atoms with Gasteiger partial charge in [0.05, 0.1) is 13.2 Å². The van der Waals surface area contributed by atoms with Crippen LogP contribution in [0.5, 0.6) is 17.2 Å². The van der Waals surface area contributed by atoms with Crippen molar-refractivity contribution in [3.8, 4) is 17.2 Å². The maximum atomic E-state index is 14.7. The summed E-state index contributed by atoms with van der Waals surface area (Å²) in [6.07, 6.45) is -0.551. The normalized spacial score (nSPS) is 20.3. The number of aliphatic hydroxyl groups excluding tert-OH is 1. The van der Waals surface area contributed by atoms with Gasteiger partial charge in [-0.2, -0.15) is 0 Å². The molecule has 1 aliphatic heterocycles. The van der Waals surface area contributed by atoms with Gasteiger partial charge in [0.1, 0.15) is 23.7 Å². The van der Waals surface area contributed by atoms with E-state index in [2.05, 4.69) is 21.3 Å². The molecule has 2 aromatic rings. The average Bonchev–Trinajstić information content (AvgIpc) is 3.02. The molecule has 2 aromatic carbocycles. The predicted molar refractivity (Wildman–Crippen MR) is 170 cm³/mol. The third-order valence-electron chi connectivity index (χ3n) is 7.87. The molecule has 5 N–H and O–H groups in total. The summed E-state index contributed by atoms with van der Waals surface area (Å²) < 4.78 is 26.0. The van der Waals surface area contributed by atoms with Gasteiger partial charge in [0, 0.05) is 51.2 Å². The molecule has 0 radical (unpaired) electrons. The van der Waals surface area contributed by atoms with Crippen LogP contribution in [0.3, 0.4) is 0 Å². The number of hydrogen-bond donors (Lipinski definition) is 5. The van der Waals surface area contributed by atoms with E-state index in [9.17, 15) is 33.5 Å². The largest absolute Gasteiger partial charge is 0.493 e. The van der Waals surface area contributed by atoms with Gasteiger partial charge in [0.15, 0.2) is 11.5 Å². The molecular weight excluding hydrogens is 613 g/mol. The highest BCUT2D eigenvalue weighted by Gasteiger charge is 2.32. The number of aliphatic hydroxyl groups is 1. The Morgan fingerprint density at radius 3 is 2.45 bits per heavy atom. The lowest BCUT2D eigenvalue weighted by atomic mass is 9.97. The van der Waals surface area contributed by atoms with E-state index >= 15 is 0 Å². The number of nitrogens with zero attached hydrogens (tertiary/aromatic N) is 1. The summed E-state index contributed by atoms with van der Waals surface area (Å²) in [5.41, 5.74) is 0.588. The van der Waals surface area contributed by atoms with Crippen molar-refractivity contribution in [2.24, 2.45) is 5.92 Å². The fraction of sp³-hybridized carbons (Fsp3) is 0.485. The van der Waals surface area contributed by atoms with Gasteiger partial charge in [-0.3, -0.25) is 24.0 Å². The summed E-state index contributed by atoms with van der Waals surface area (Å²) in [5.74, 6) is -2.98. The number of carbonyl (C=O) groups excluding carboxylic acids is 5. The third-order valence-corrected chi connectivity index (χ3v) is 7.87. The molecule has 256 valence electrons. The Hall–Kier alpha value is -4.72. The molecule has 0 unspecified atom stereocenters. The highest BCUT2D eigenvalue weighted by Crippen LogP contribution is 2.33. The first-order valence-electron chi connectivity index (χ1n) is 15.6. The van der Waals surface area contributed by atoms with Crippen LogP contribution in [0.1, 0.15) is 62.9 Å². The van der Waals surface area contributed by atoms with Gasteiger partial charge in [-0.15, -0.1) is 0 Å². The van der Waals surface area contributed by atoms with Crippen LogP contribution in [0.4, 0.5) is 4.39 Å². The molecule has 5 amide bonds. The molecule has 0 saturated heterocycles. The molecule has 0 aliphatic carbocycles. The van der Waals surface area contributed by atoms with Crippen molar-refractivity contribution in [2.45, 2.75) is 71.7 Å². The van der Waals surface area contributed by atoms with Crippen molar-refractivity contribution in [1.29, 1.82) is 0 Å². The second-order valence-electron chi connectivity index (χ2n) is 11.5. The van der Waals surface area contributed by atoms with Crippen molar-refractivity contribution in [1.82, 2.24) is 26.2 Å². The molecule has 13 nitrogen and oxygen atoms in total. The number of fused-ring (bicyclic) bond motifs is 4. The van der Waals surface area contributed by atoms with Gasteiger partial charge in [-0.1, -0.05) is 20.3 Å². The summed E-state index contributed by atoms with van der Waals surface area (Å²) >= 11 is 0. The van der Waals surface area contributed by atoms with E-state index in [1.807, 2.05) is 6.92 Å². The number of benzene rings is 2.